The molecule has 0 saturated carbocycles. The SMILES string of the molecule is COC(C)C(=O)Nc1ccc(C(F)(F)F)nc1. The Kier molecular flexibility index (Phi) is 4.06. The molecule has 1 atom stereocenters. The van der Waals surface area contributed by atoms with Gasteiger partial charge in [0.25, 0.3) is 5.91 Å². The first kappa shape index (κ1) is 13.4. The maximum atomic E-state index is 12.2. The Morgan fingerprint density at radius 1 is 1.47 bits per heavy atom. The molecule has 0 bridgehead atoms. The molecular weight excluding hydrogens is 237 g/mol. The Morgan fingerprint density at radius 2 is 2.12 bits per heavy atom. The van der Waals surface area contributed by atoms with Crippen LogP contribution >= 0.6 is 0 Å². The highest BCUT2D eigenvalue weighted by Gasteiger charge is 2.32. The fourth-order valence-electron chi connectivity index (χ4n) is 0.986. The number of methoxy groups -OCH3 is 1. The van der Waals surface area contributed by atoms with Crippen molar-refractivity contribution in [3.8, 4) is 0 Å². The largest absolute Gasteiger partial charge is 0.433 e. The second-order valence-corrected chi connectivity index (χ2v) is 3.30. The van der Waals surface area contributed by atoms with Crippen LogP contribution in [0.25, 0.3) is 0 Å². The molecule has 1 heterocycles. The number of anilines is 1. The number of nitrogens with one attached hydrogen (secondary N) is 1. The van der Waals surface area contributed by atoms with Crippen LogP contribution in [0.15, 0.2) is 18.3 Å². The predicted molar refractivity (Wildman–Crippen MR) is 54.3 cm³/mol. The van der Waals surface area contributed by atoms with Crippen molar-refractivity contribution in [1.29, 1.82) is 0 Å². The minimum atomic E-state index is -4.48. The van der Waals surface area contributed by atoms with Crippen molar-refractivity contribution in [2.75, 3.05) is 12.4 Å². The summed E-state index contributed by atoms with van der Waals surface area (Å²) >= 11 is 0. The lowest BCUT2D eigenvalue weighted by molar-refractivity contribution is -0.141. The molecule has 0 aliphatic carbocycles. The Hall–Kier alpha value is -1.63. The van der Waals surface area contributed by atoms with Gasteiger partial charge in [0.2, 0.25) is 0 Å². The van der Waals surface area contributed by atoms with E-state index < -0.39 is 23.9 Å². The van der Waals surface area contributed by atoms with Gasteiger partial charge >= 0.3 is 6.18 Å². The minimum absolute atomic E-state index is 0.187. The fraction of sp³-hybridized carbons (Fsp3) is 0.400. The van der Waals surface area contributed by atoms with Crippen LogP contribution in [-0.2, 0) is 15.7 Å². The molecule has 0 spiro atoms. The summed E-state index contributed by atoms with van der Waals surface area (Å²) in [6, 6.07) is 1.93. The maximum Gasteiger partial charge on any atom is 0.433 e. The van der Waals surface area contributed by atoms with Crippen molar-refractivity contribution < 1.29 is 22.7 Å². The first-order valence-corrected chi connectivity index (χ1v) is 4.71. The number of amides is 1. The zero-order valence-corrected chi connectivity index (χ0v) is 9.21. The molecule has 17 heavy (non-hydrogen) atoms. The van der Waals surface area contributed by atoms with Gasteiger partial charge in [-0.2, -0.15) is 13.2 Å². The van der Waals surface area contributed by atoms with Gasteiger partial charge in [-0.3, -0.25) is 4.79 Å². The maximum absolute atomic E-state index is 12.2. The molecule has 0 saturated heterocycles. The van der Waals surface area contributed by atoms with E-state index in [9.17, 15) is 18.0 Å². The number of nitrogens with zero attached hydrogens (tertiary/aromatic N) is 1. The summed E-state index contributed by atoms with van der Waals surface area (Å²) in [4.78, 5) is 14.5. The van der Waals surface area contributed by atoms with Crippen molar-refractivity contribution in [3.63, 3.8) is 0 Å². The van der Waals surface area contributed by atoms with Crippen LogP contribution in [0.1, 0.15) is 12.6 Å². The number of halogens is 3. The third-order valence-electron chi connectivity index (χ3n) is 2.04. The molecule has 4 nitrogen and oxygen atoms in total. The van der Waals surface area contributed by atoms with Gasteiger partial charge < -0.3 is 10.1 Å². The number of alkyl halides is 3. The van der Waals surface area contributed by atoms with Crippen LogP contribution < -0.4 is 5.32 Å². The molecule has 0 radical (unpaired) electrons. The molecule has 1 unspecified atom stereocenters. The van der Waals surface area contributed by atoms with E-state index in [2.05, 4.69) is 10.3 Å². The summed E-state index contributed by atoms with van der Waals surface area (Å²) in [6.45, 7) is 1.52. The van der Waals surface area contributed by atoms with Gasteiger partial charge in [0.15, 0.2) is 0 Å². The number of hydrogen-bond donors (Lipinski definition) is 1. The Bertz CT molecular complexity index is 390. The Morgan fingerprint density at radius 3 is 2.53 bits per heavy atom. The lowest BCUT2D eigenvalue weighted by Crippen LogP contribution is -2.26. The van der Waals surface area contributed by atoms with Crippen LogP contribution in [0.3, 0.4) is 0 Å². The van der Waals surface area contributed by atoms with Crippen LogP contribution in [0.2, 0.25) is 0 Å². The quantitative estimate of drug-likeness (QED) is 0.890. The third kappa shape index (κ3) is 3.70. The molecule has 7 heteroatoms. The van der Waals surface area contributed by atoms with Crippen LogP contribution in [0.5, 0.6) is 0 Å². The van der Waals surface area contributed by atoms with E-state index in [1.165, 1.54) is 14.0 Å². The number of carbonyl (C=O) groups is 1. The van der Waals surface area contributed by atoms with E-state index in [1.54, 1.807) is 0 Å². The number of aromatic nitrogens is 1. The van der Waals surface area contributed by atoms with E-state index in [-0.39, 0.29) is 5.69 Å². The first-order chi connectivity index (χ1) is 7.84. The summed E-state index contributed by atoms with van der Waals surface area (Å²) in [7, 11) is 1.36. The molecule has 1 N–H and O–H groups in total. The van der Waals surface area contributed by atoms with Crippen LogP contribution in [-0.4, -0.2) is 24.1 Å². The molecule has 1 aromatic rings. The number of ether oxygens (including phenoxy) is 1. The first-order valence-electron chi connectivity index (χ1n) is 4.71. The van der Waals surface area contributed by atoms with E-state index in [4.69, 9.17) is 4.74 Å². The molecule has 1 rings (SSSR count). The van der Waals surface area contributed by atoms with Crippen molar-refractivity contribution in [1.82, 2.24) is 4.98 Å². The molecule has 0 aliphatic heterocycles. The summed E-state index contributed by atoms with van der Waals surface area (Å²) in [6.07, 6.45) is -4.22. The highest BCUT2D eigenvalue weighted by Crippen LogP contribution is 2.27. The van der Waals surface area contributed by atoms with Crippen LogP contribution in [0, 0.1) is 0 Å². The van der Waals surface area contributed by atoms with E-state index in [1.807, 2.05) is 0 Å². The highest BCUT2D eigenvalue weighted by atomic mass is 19.4. The fourth-order valence-corrected chi connectivity index (χ4v) is 0.986. The second-order valence-electron chi connectivity index (χ2n) is 3.30. The summed E-state index contributed by atoms with van der Waals surface area (Å²) in [5, 5.41) is 2.38. The molecule has 0 aliphatic rings. The van der Waals surface area contributed by atoms with Crippen molar-refractivity contribution >= 4 is 11.6 Å². The van der Waals surface area contributed by atoms with Gasteiger partial charge in [-0.15, -0.1) is 0 Å². The van der Waals surface area contributed by atoms with Crippen LogP contribution in [0.4, 0.5) is 18.9 Å². The normalized spacial score (nSPS) is 13.2. The molecule has 94 valence electrons. The Balaban J connectivity index is 2.73. The van der Waals surface area contributed by atoms with Crippen molar-refractivity contribution in [2.24, 2.45) is 0 Å². The summed E-state index contributed by atoms with van der Waals surface area (Å²) in [5.41, 5.74) is -0.817. The lowest BCUT2D eigenvalue weighted by atomic mass is 10.3. The number of rotatable bonds is 3. The summed E-state index contributed by atoms with van der Waals surface area (Å²) < 4.78 is 41.3. The molecular formula is C10H11F3N2O2. The van der Waals surface area contributed by atoms with E-state index in [0.717, 1.165) is 18.3 Å². The minimum Gasteiger partial charge on any atom is -0.372 e. The molecule has 1 aromatic heterocycles. The molecule has 1 amide bonds. The number of pyridine rings is 1. The average Bonchev–Trinajstić information content (AvgIpc) is 2.27. The lowest BCUT2D eigenvalue weighted by Gasteiger charge is -2.11. The zero-order valence-electron chi connectivity index (χ0n) is 9.21. The second kappa shape index (κ2) is 5.13. The van der Waals surface area contributed by atoms with Gasteiger partial charge in [0.1, 0.15) is 11.8 Å². The van der Waals surface area contributed by atoms with E-state index in [0.29, 0.717) is 0 Å². The zero-order chi connectivity index (χ0) is 13.1. The standard InChI is InChI=1S/C10H11F3N2O2/c1-6(17-2)9(16)15-7-3-4-8(14-5-7)10(11,12)13/h3-6H,1-2H3,(H,15,16). The summed E-state index contributed by atoms with van der Waals surface area (Å²) in [5.74, 6) is -0.450. The number of hydrogen-bond acceptors (Lipinski definition) is 3. The van der Waals surface area contributed by atoms with Gasteiger partial charge in [-0.05, 0) is 19.1 Å². The highest BCUT2D eigenvalue weighted by molar-refractivity contribution is 5.93. The van der Waals surface area contributed by atoms with Gasteiger partial charge in [-0.25, -0.2) is 4.98 Å². The van der Waals surface area contributed by atoms with E-state index >= 15 is 0 Å². The molecule has 0 fully saturated rings. The number of carbonyl (C=O) groups excluding carboxylic acids is 1. The van der Waals surface area contributed by atoms with Gasteiger partial charge in [0, 0.05) is 7.11 Å². The predicted octanol–water partition coefficient (Wildman–Crippen LogP) is 2.07. The Labute approximate surface area is 95.8 Å². The van der Waals surface area contributed by atoms with Gasteiger partial charge in [0.05, 0.1) is 11.9 Å². The smallest absolute Gasteiger partial charge is 0.372 e. The third-order valence-corrected chi connectivity index (χ3v) is 2.04. The van der Waals surface area contributed by atoms with Crippen molar-refractivity contribution in [3.05, 3.63) is 24.0 Å². The molecule has 0 aromatic carbocycles. The van der Waals surface area contributed by atoms with Gasteiger partial charge in [-0.1, -0.05) is 0 Å². The van der Waals surface area contributed by atoms with Crippen molar-refractivity contribution in [2.45, 2.75) is 19.2 Å². The monoisotopic (exact) mass is 248 g/mol. The topological polar surface area (TPSA) is 51.2 Å². The average molecular weight is 248 g/mol.